The lowest BCUT2D eigenvalue weighted by Gasteiger charge is -2.53. The summed E-state index contributed by atoms with van der Waals surface area (Å²) in [5, 5.41) is 11.7. The van der Waals surface area contributed by atoms with Gasteiger partial charge in [0, 0.05) is 17.9 Å². The molecule has 4 aliphatic rings. The molecule has 2 saturated carbocycles. The number of fused-ring (bicyclic) bond motifs is 3. The van der Waals surface area contributed by atoms with E-state index in [4.69, 9.17) is 19.9 Å². The second kappa shape index (κ2) is 10.9. The van der Waals surface area contributed by atoms with E-state index in [-0.39, 0.29) is 49.2 Å². The van der Waals surface area contributed by atoms with Gasteiger partial charge in [-0.05, 0) is 56.1 Å². The number of ether oxygens (including phenoxy) is 3. The summed E-state index contributed by atoms with van der Waals surface area (Å²) in [6.07, 6.45) is 7.64. The summed E-state index contributed by atoms with van der Waals surface area (Å²) in [4.78, 5) is 39.2. The number of nitrogens with two attached hydrogens (primary N) is 1. The molecule has 1 amide bonds. The fourth-order valence-electron chi connectivity index (χ4n) is 7.61. The second-order valence-corrected chi connectivity index (χ2v) is 11.9. The minimum atomic E-state index is -1.23. The summed E-state index contributed by atoms with van der Waals surface area (Å²) in [5.74, 6) is -0.528. The highest BCUT2D eigenvalue weighted by Crippen LogP contribution is 2.66. The molecule has 0 aromatic carbocycles. The monoisotopic (exact) mass is 532 g/mol. The first-order valence-corrected chi connectivity index (χ1v) is 14.0. The van der Waals surface area contributed by atoms with Crippen molar-refractivity contribution in [1.82, 2.24) is 4.90 Å². The number of Topliss-reactive ketones (excluding diaryl/α,β-unsaturated/α-hetero) is 1. The van der Waals surface area contributed by atoms with E-state index in [0.29, 0.717) is 25.7 Å². The Kier molecular flexibility index (Phi) is 8.36. The molecule has 0 bridgehead atoms. The summed E-state index contributed by atoms with van der Waals surface area (Å²) in [6.45, 7) is 7.83. The predicted molar refractivity (Wildman–Crippen MR) is 141 cm³/mol. The Morgan fingerprint density at radius 2 is 2.00 bits per heavy atom. The number of rotatable bonds is 10. The second-order valence-electron chi connectivity index (χ2n) is 11.9. The number of aliphatic hydroxyl groups is 1. The third kappa shape index (κ3) is 4.60. The first-order chi connectivity index (χ1) is 18.0. The third-order valence-corrected chi connectivity index (χ3v) is 9.78. The third-order valence-electron chi connectivity index (χ3n) is 9.78. The Morgan fingerprint density at radius 1 is 1.26 bits per heavy atom. The highest BCUT2D eigenvalue weighted by atomic mass is 16.7. The summed E-state index contributed by atoms with van der Waals surface area (Å²) in [7, 11) is 1.57. The van der Waals surface area contributed by atoms with Crippen molar-refractivity contribution in [3.05, 3.63) is 23.8 Å². The number of carbonyl (C=O) groups is 3. The average Bonchev–Trinajstić information content (AvgIpc) is 3.36. The van der Waals surface area contributed by atoms with Crippen LogP contribution in [0, 0.1) is 22.7 Å². The zero-order chi connectivity index (χ0) is 27.9. The van der Waals surface area contributed by atoms with Gasteiger partial charge in [0.05, 0.1) is 18.8 Å². The van der Waals surface area contributed by atoms with Crippen molar-refractivity contribution < 1.29 is 33.7 Å². The Hall–Kier alpha value is -1.91. The van der Waals surface area contributed by atoms with E-state index >= 15 is 0 Å². The number of hydrogen-bond donors (Lipinski definition) is 2. The largest absolute Gasteiger partial charge is 0.393 e. The van der Waals surface area contributed by atoms with E-state index in [1.165, 1.54) is 4.90 Å². The maximum atomic E-state index is 14.0. The number of nitrogens with zero attached hydrogens (tertiary/aromatic N) is 1. The molecule has 38 heavy (non-hydrogen) atoms. The molecule has 1 heterocycles. The van der Waals surface area contributed by atoms with Gasteiger partial charge >= 0.3 is 0 Å². The highest BCUT2D eigenvalue weighted by molar-refractivity contribution is 6.01. The van der Waals surface area contributed by atoms with Crippen LogP contribution >= 0.6 is 0 Å². The molecule has 0 spiro atoms. The minimum absolute atomic E-state index is 0.0167. The highest BCUT2D eigenvalue weighted by Gasteiger charge is 2.73. The van der Waals surface area contributed by atoms with Gasteiger partial charge < -0.3 is 30.0 Å². The summed E-state index contributed by atoms with van der Waals surface area (Å²) >= 11 is 0. The first kappa shape index (κ1) is 29.1. The molecule has 3 fully saturated rings. The van der Waals surface area contributed by atoms with Crippen LogP contribution in [0.2, 0.25) is 0 Å². The van der Waals surface area contributed by atoms with Crippen molar-refractivity contribution in [3.63, 3.8) is 0 Å². The van der Waals surface area contributed by atoms with E-state index in [2.05, 4.69) is 13.8 Å². The van der Waals surface area contributed by atoms with Gasteiger partial charge in [0.2, 0.25) is 5.91 Å². The van der Waals surface area contributed by atoms with Crippen LogP contribution in [-0.4, -0.2) is 78.5 Å². The topological polar surface area (TPSA) is 128 Å². The van der Waals surface area contributed by atoms with Gasteiger partial charge in [-0.3, -0.25) is 14.4 Å². The Balaban J connectivity index is 1.60. The molecule has 1 saturated heterocycles. The Labute approximate surface area is 225 Å². The summed E-state index contributed by atoms with van der Waals surface area (Å²) in [5.41, 5.74) is 4.12. The predicted octanol–water partition coefficient (Wildman–Crippen LogP) is 2.51. The van der Waals surface area contributed by atoms with Crippen LogP contribution in [0.5, 0.6) is 0 Å². The van der Waals surface area contributed by atoms with Crippen molar-refractivity contribution in [2.45, 2.75) is 90.3 Å². The van der Waals surface area contributed by atoms with Gasteiger partial charge in [0.15, 0.2) is 23.5 Å². The summed E-state index contributed by atoms with van der Waals surface area (Å²) < 4.78 is 18.6. The molecule has 212 valence electrons. The molecule has 9 nitrogen and oxygen atoms in total. The van der Waals surface area contributed by atoms with Gasteiger partial charge in [-0.1, -0.05) is 45.8 Å². The van der Waals surface area contributed by atoms with E-state index in [1.54, 1.807) is 19.2 Å². The van der Waals surface area contributed by atoms with Crippen molar-refractivity contribution in [1.29, 1.82) is 0 Å². The van der Waals surface area contributed by atoms with Crippen LogP contribution in [0.25, 0.3) is 0 Å². The molecule has 0 aromatic rings. The maximum absolute atomic E-state index is 14.0. The van der Waals surface area contributed by atoms with Crippen molar-refractivity contribution >= 4 is 17.5 Å². The number of aliphatic hydroxyl groups excluding tert-OH is 1. The molecule has 1 aliphatic heterocycles. The number of carbonyl (C=O) groups excluding carboxylic acids is 3. The molecule has 4 rings (SSSR count). The lowest BCUT2D eigenvalue weighted by atomic mass is 9.53. The van der Waals surface area contributed by atoms with Crippen LogP contribution in [-0.2, 0) is 28.6 Å². The van der Waals surface area contributed by atoms with Gasteiger partial charge in [-0.15, -0.1) is 0 Å². The average molecular weight is 533 g/mol. The normalized spacial score (nSPS) is 40.0. The van der Waals surface area contributed by atoms with E-state index in [0.717, 1.165) is 18.4 Å². The Bertz CT molecular complexity index is 1010. The van der Waals surface area contributed by atoms with Crippen molar-refractivity contribution in [2.75, 3.05) is 26.9 Å². The molecule has 3 aliphatic carbocycles. The lowest BCUT2D eigenvalue weighted by molar-refractivity contribution is -0.189. The molecule has 0 aromatic heterocycles. The molecule has 8 atom stereocenters. The molecule has 3 N–H and O–H groups in total. The van der Waals surface area contributed by atoms with Crippen molar-refractivity contribution in [3.8, 4) is 0 Å². The number of allylic oxidation sites excluding steroid dienone is 4. The SMILES string of the molecule is CCCC1O[C@@H]2C[C@H]3C[C@@H]([C@@]4(C)C=CC(=O)C=C4CC)[C@@H](O)C[C@]3(C)[C@]2(C(=O)COCN(C)C(=O)CN)O1. The first-order valence-electron chi connectivity index (χ1n) is 14.0. The lowest BCUT2D eigenvalue weighted by Crippen LogP contribution is -2.61. The summed E-state index contributed by atoms with van der Waals surface area (Å²) in [6, 6.07) is 0. The number of ketones is 2. The molecule has 0 radical (unpaired) electrons. The van der Waals surface area contributed by atoms with Gasteiger partial charge in [-0.2, -0.15) is 0 Å². The van der Waals surface area contributed by atoms with Crippen LogP contribution in [0.1, 0.15) is 66.2 Å². The maximum Gasteiger partial charge on any atom is 0.237 e. The fourth-order valence-corrected chi connectivity index (χ4v) is 7.61. The van der Waals surface area contributed by atoms with Crippen LogP contribution in [0.3, 0.4) is 0 Å². The number of likely N-dealkylation sites (N-methyl/N-ethyl adjacent to an activating group) is 1. The fraction of sp³-hybridized carbons (Fsp3) is 0.759. The number of hydrogen-bond acceptors (Lipinski definition) is 8. The van der Waals surface area contributed by atoms with Gasteiger partial charge in [0.25, 0.3) is 0 Å². The quantitative estimate of drug-likeness (QED) is 0.411. The zero-order valence-corrected chi connectivity index (χ0v) is 23.4. The zero-order valence-electron chi connectivity index (χ0n) is 23.4. The van der Waals surface area contributed by atoms with Crippen LogP contribution in [0.15, 0.2) is 23.8 Å². The molecule has 9 heteroatoms. The molecular weight excluding hydrogens is 488 g/mol. The van der Waals surface area contributed by atoms with Crippen LogP contribution in [0.4, 0.5) is 0 Å². The van der Waals surface area contributed by atoms with E-state index in [1.807, 2.05) is 19.9 Å². The van der Waals surface area contributed by atoms with E-state index < -0.39 is 34.9 Å². The van der Waals surface area contributed by atoms with Gasteiger partial charge in [0.1, 0.15) is 13.3 Å². The smallest absolute Gasteiger partial charge is 0.237 e. The van der Waals surface area contributed by atoms with Crippen molar-refractivity contribution in [2.24, 2.45) is 28.4 Å². The molecular formula is C29H44N2O7. The molecule has 1 unspecified atom stereocenters. The van der Waals surface area contributed by atoms with E-state index in [9.17, 15) is 19.5 Å². The number of amides is 1. The standard InChI is InChI=1S/C29H44N2O7/c1-6-8-26-37-24-13-19-12-21(27(3)10-9-20(32)11-18(27)7-2)22(33)14-28(19,4)29(24,38-26)23(34)16-36-17-31(5)25(35)15-30/h9-11,19,21-22,24,26,33H,6-8,12-17,30H2,1-5H3/t19-,21-,22+,24-,26?,27+,28+,29-/m1/s1. The minimum Gasteiger partial charge on any atom is -0.393 e. The van der Waals surface area contributed by atoms with Gasteiger partial charge in [-0.25, -0.2) is 0 Å². The Morgan fingerprint density at radius 3 is 2.66 bits per heavy atom. The van der Waals surface area contributed by atoms with Crippen LogP contribution < -0.4 is 5.73 Å².